The molecule has 1 saturated carbocycles. The van der Waals surface area contributed by atoms with E-state index in [1.165, 1.54) is 18.6 Å². The van der Waals surface area contributed by atoms with Crippen molar-refractivity contribution in [3.63, 3.8) is 0 Å². The van der Waals surface area contributed by atoms with Gasteiger partial charge in [-0.15, -0.1) is 0 Å². The first kappa shape index (κ1) is 16.2. The van der Waals surface area contributed by atoms with Crippen LogP contribution in [0.1, 0.15) is 18.9 Å². The van der Waals surface area contributed by atoms with Crippen LogP contribution < -0.4 is 15.4 Å². The zero-order valence-electron chi connectivity index (χ0n) is 13.8. The summed E-state index contributed by atoms with van der Waals surface area (Å²) in [5, 5.41) is 6.63. The number of benzene rings is 1. The lowest BCUT2D eigenvalue weighted by molar-refractivity contribution is 0.457. The molecule has 2 N–H and O–H groups in total. The molecule has 2 atom stereocenters. The number of nitrogens with zero attached hydrogens (tertiary/aromatic N) is 2. The molecule has 1 heterocycles. The molecule has 2 unspecified atom stereocenters. The Labute approximate surface area is 141 Å². The molecule has 1 fully saturated rings. The molecule has 0 amide bonds. The summed E-state index contributed by atoms with van der Waals surface area (Å²) in [4.78, 5) is 8.46. The fraction of sp³-hybridized carbons (Fsp3) is 0.333. The summed E-state index contributed by atoms with van der Waals surface area (Å²) in [6.45, 7) is 2.83. The Kier molecular flexibility index (Phi) is 4.93. The number of hydrogen-bond donors (Lipinski definition) is 2. The van der Waals surface area contributed by atoms with Crippen LogP contribution in [-0.2, 0) is 6.54 Å². The topological polar surface area (TPSA) is 58.5 Å². The van der Waals surface area contributed by atoms with E-state index < -0.39 is 0 Å². The molecule has 0 radical (unpaired) electrons. The Morgan fingerprint density at radius 2 is 2.21 bits per heavy atom. The van der Waals surface area contributed by atoms with E-state index in [9.17, 15) is 4.39 Å². The lowest BCUT2D eigenvalue weighted by atomic mass is 10.3. The van der Waals surface area contributed by atoms with Crippen molar-refractivity contribution < 1.29 is 9.13 Å². The molecule has 0 bridgehead atoms. The number of ether oxygens (including phenoxy) is 1. The van der Waals surface area contributed by atoms with Crippen molar-refractivity contribution in [2.45, 2.75) is 25.9 Å². The van der Waals surface area contributed by atoms with E-state index in [0.29, 0.717) is 30.1 Å². The summed E-state index contributed by atoms with van der Waals surface area (Å²) in [6, 6.07) is 10.2. The summed E-state index contributed by atoms with van der Waals surface area (Å²) in [5.74, 6) is 2.03. The molecule has 3 rings (SSSR count). The monoisotopic (exact) mass is 328 g/mol. The quantitative estimate of drug-likeness (QED) is 0.654. The summed E-state index contributed by atoms with van der Waals surface area (Å²) < 4.78 is 18.7. The van der Waals surface area contributed by atoms with Crippen LogP contribution in [-0.4, -0.2) is 24.0 Å². The van der Waals surface area contributed by atoms with Gasteiger partial charge >= 0.3 is 0 Å². The van der Waals surface area contributed by atoms with Crippen molar-refractivity contribution in [3.8, 4) is 11.6 Å². The third-order valence-corrected chi connectivity index (χ3v) is 3.93. The average molecular weight is 328 g/mol. The van der Waals surface area contributed by atoms with Crippen molar-refractivity contribution in [2.24, 2.45) is 10.9 Å². The van der Waals surface area contributed by atoms with Crippen LogP contribution in [0.2, 0.25) is 0 Å². The average Bonchev–Trinajstić information content (AvgIpc) is 3.28. The molecule has 1 aliphatic rings. The number of guanidine groups is 1. The predicted molar refractivity (Wildman–Crippen MR) is 91.6 cm³/mol. The van der Waals surface area contributed by atoms with Crippen molar-refractivity contribution in [2.75, 3.05) is 7.05 Å². The van der Waals surface area contributed by atoms with Crippen LogP contribution in [0.3, 0.4) is 0 Å². The third kappa shape index (κ3) is 4.44. The van der Waals surface area contributed by atoms with E-state index in [0.717, 1.165) is 11.5 Å². The van der Waals surface area contributed by atoms with Gasteiger partial charge in [0.2, 0.25) is 5.88 Å². The number of aromatic nitrogens is 1. The lowest BCUT2D eigenvalue weighted by Crippen LogP contribution is -2.38. The number of nitrogens with one attached hydrogen (secondary N) is 2. The zero-order chi connectivity index (χ0) is 16.9. The Bertz CT molecular complexity index is 717. The summed E-state index contributed by atoms with van der Waals surface area (Å²) in [7, 11) is 1.76. The molecule has 2 aromatic rings. The second kappa shape index (κ2) is 7.29. The fourth-order valence-electron chi connectivity index (χ4n) is 2.31. The van der Waals surface area contributed by atoms with Gasteiger partial charge in [0.05, 0.1) is 0 Å². The number of rotatable bonds is 5. The van der Waals surface area contributed by atoms with Crippen LogP contribution in [0.15, 0.2) is 47.6 Å². The molecule has 126 valence electrons. The number of aliphatic imine (C=N–C) groups is 1. The van der Waals surface area contributed by atoms with E-state index >= 15 is 0 Å². The fourth-order valence-corrected chi connectivity index (χ4v) is 2.31. The van der Waals surface area contributed by atoms with Gasteiger partial charge in [-0.3, -0.25) is 4.99 Å². The van der Waals surface area contributed by atoms with Crippen LogP contribution in [0.25, 0.3) is 0 Å². The maximum Gasteiger partial charge on any atom is 0.219 e. The maximum atomic E-state index is 13.1. The minimum absolute atomic E-state index is 0.336. The molecule has 1 aromatic heterocycles. The second-order valence-electron chi connectivity index (χ2n) is 5.95. The van der Waals surface area contributed by atoms with Crippen molar-refractivity contribution in [1.82, 2.24) is 15.6 Å². The van der Waals surface area contributed by atoms with Gasteiger partial charge in [-0.25, -0.2) is 9.37 Å². The van der Waals surface area contributed by atoms with Gasteiger partial charge in [0.15, 0.2) is 5.96 Å². The number of pyridine rings is 1. The molecular formula is C18H21FN4O. The molecule has 6 heteroatoms. The minimum atomic E-state index is -0.336. The standard InChI is InChI=1S/C18H21FN4O/c1-12-8-16(12)23-18(20-2)22-11-13-6-7-17(21-10-13)24-15-5-3-4-14(19)9-15/h3-7,9-10,12,16H,8,11H2,1-2H3,(H2,20,22,23). The molecular weight excluding hydrogens is 307 g/mol. The first-order valence-electron chi connectivity index (χ1n) is 7.99. The van der Waals surface area contributed by atoms with Gasteiger partial charge in [-0.2, -0.15) is 0 Å². The number of hydrogen-bond acceptors (Lipinski definition) is 3. The van der Waals surface area contributed by atoms with E-state index in [1.807, 2.05) is 6.07 Å². The largest absolute Gasteiger partial charge is 0.439 e. The summed E-state index contributed by atoms with van der Waals surface area (Å²) in [5.41, 5.74) is 1.01. The van der Waals surface area contributed by atoms with Gasteiger partial charge in [0.25, 0.3) is 0 Å². The van der Waals surface area contributed by atoms with Gasteiger partial charge in [0, 0.05) is 38.0 Å². The Morgan fingerprint density at radius 1 is 1.38 bits per heavy atom. The van der Waals surface area contributed by atoms with E-state index in [-0.39, 0.29) is 5.82 Å². The van der Waals surface area contributed by atoms with Crippen LogP contribution in [0.4, 0.5) is 4.39 Å². The predicted octanol–water partition coefficient (Wildman–Crippen LogP) is 3.09. The van der Waals surface area contributed by atoms with Crippen molar-refractivity contribution in [3.05, 3.63) is 54.0 Å². The van der Waals surface area contributed by atoms with Crippen molar-refractivity contribution in [1.29, 1.82) is 0 Å². The van der Waals surface area contributed by atoms with Crippen LogP contribution >= 0.6 is 0 Å². The highest BCUT2D eigenvalue weighted by atomic mass is 19.1. The molecule has 1 aromatic carbocycles. The van der Waals surface area contributed by atoms with Gasteiger partial charge in [0.1, 0.15) is 11.6 Å². The Balaban J connectivity index is 1.52. The van der Waals surface area contributed by atoms with Gasteiger partial charge in [-0.05, 0) is 30.0 Å². The first-order valence-corrected chi connectivity index (χ1v) is 7.99. The smallest absolute Gasteiger partial charge is 0.219 e. The first-order chi connectivity index (χ1) is 11.6. The summed E-state index contributed by atoms with van der Waals surface area (Å²) >= 11 is 0. The van der Waals surface area contributed by atoms with E-state index in [2.05, 4.69) is 27.5 Å². The molecule has 24 heavy (non-hydrogen) atoms. The highest BCUT2D eigenvalue weighted by Gasteiger charge is 2.33. The van der Waals surface area contributed by atoms with Crippen LogP contribution in [0.5, 0.6) is 11.6 Å². The maximum absolute atomic E-state index is 13.1. The molecule has 5 nitrogen and oxygen atoms in total. The number of halogens is 1. The molecule has 0 aliphatic heterocycles. The van der Waals surface area contributed by atoms with Gasteiger partial charge in [-0.1, -0.05) is 19.1 Å². The summed E-state index contributed by atoms with van der Waals surface area (Å²) in [6.07, 6.45) is 2.92. The van der Waals surface area contributed by atoms with E-state index in [4.69, 9.17) is 4.74 Å². The Hall–Kier alpha value is -2.63. The highest BCUT2D eigenvalue weighted by molar-refractivity contribution is 5.80. The van der Waals surface area contributed by atoms with Crippen molar-refractivity contribution >= 4 is 5.96 Å². The molecule has 1 aliphatic carbocycles. The highest BCUT2D eigenvalue weighted by Crippen LogP contribution is 2.28. The van der Waals surface area contributed by atoms with Gasteiger partial charge < -0.3 is 15.4 Å². The molecule has 0 spiro atoms. The lowest BCUT2D eigenvalue weighted by Gasteiger charge is -2.11. The normalized spacial score (nSPS) is 19.7. The Morgan fingerprint density at radius 3 is 2.83 bits per heavy atom. The van der Waals surface area contributed by atoms with E-state index in [1.54, 1.807) is 31.4 Å². The SMILES string of the molecule is CN=C(NCc1ccc(Oc2cccc(F)c2)nc1)NC1CC1C. The minimum Gasteiger partial charge on any atom is -0.439 e. The second-order valence-corrected chi connectivity index (χ2v) is 5.95. The van der Waals surface area contributed by atoms with Crippen LogP contribution in [0, 0.1) is 11.7 Å². The molecule has 0 saturated heterocycles. The third-order valence-electron chi connectivity index (χ3n) is 3.93. The zero-order valence-corrected chi connectivity index (χ0v) is 13.8.